The molecular weight excluding hydrogens is 230 g/mol. The number of sulfonamides is 1. The molecule has 0 aromatic rings. The molecule has 96 valence electrons. The molecule has 0 aromatic carbocycles. The van der Waals surface area contributed by atoms with Crippen LogP contribution < -0.4 is 10.5 Å². The van der Waals surface area contributed by atoms with E-state index in [0.29, 0.717) is 13.1 Å². The van der Waals surface area contributed by atoms with E-state index in [4.69, 9.17) is 5.73 Å². The van der Waals surface area contributed by atoms with Gasteiger partial charge < -0.3 is 10.6 Å². The molecule has 0 unspecified atom stereocenters. The Hall–Kier alpha value is -0.660. The van der Waals surface area contributed by atoms with Crippen LogP contribution in [0.3, 0.4) is 0 Å². The summed E-state index contributed by atoms with van der Waals surface area (Å²) in [4.78, 5) is 13.2. The van der Waals surface area contributed by atoms with Crippen molar-refractivity contribution in [3.63, 3.8) is 0 Å². The first-order valence-corrected chi connectivity index (χ1v) is 7.07. The average molecular weight is 251 g/mol. The fourth-order valence-corrected chi connectivity index (χ4v) is 2.14. The molecule has 0 aromatic heterocycles. The van der Waals surface area contributed by atoms with Crippen LogP contribution in [0, 0.1) is 0 Å². The maximum Gasteiger partial charge on any atom is 0.223 e. The number of rotatable bonds is 8. The topological polar surface area (TPSA) is 92.5 Å². The highest BCUT2D eigenvalue weighted by Crippen LogP contribution is 1.93. The SMILES string of the molecule is CCN(CC)C(=O)CCNS(=O)(=O)CCN. The van der Waals surface area contributed by atoms with Crippen LogP contribution in [0.2, 0.25) is 0 Å². The summed E-state index contributed by atoms with van der Waals surface area (Å²) in [5.74, 6) is -0.146. The lowest BCUT2D eigenvalue weighted by molar-refractivity contribution is -0.130. The third-order valence-corrected chi connectivity index (χ3v) is 3.58. The molecule has 0 fully saturated rings. The van der Waals surface area contributed by atoms with E-state index in [0.717, 1.165) is 0 Å². The monoisotopic (exact) mass is 251 g/mol. The molecule has 6 nitrogen and oxygen atoms in total. The fraction of sp³-hybridized carbons (Fsp3) is 0.889. The van der Waals surface area contributed by atoms with Crippen LogP contribution in [0.4, 0.5) is 0 Å². The van der Waals surface area contributed by atoms with E-state index in [1.54, 1.807) is 4.90 Å². The van der Waals surface area contributed by atoms with Gasteiger partial charge in [0.15, 0.2) is 0 Å². The fourth-order valence-electron chi connectivity index (χ4n) is 1.28. The molecule has 0 radical (unpaired) electrons. The molecule has 0 saturated carbocycles. The summed E-state index contributed by atoms with van der Waals surface area (Å²) >= 11 is 0. The molecular formula is C9H21N3O3S. The van der Waals surface area contributed by atoms with E-state index in [9.17, 15) is 13.2 Å². The summed E-state index contributed by atoms with van der Waals surface area (Å²) in [6.07, 6.45) is 0.186. The molecule has 0 aliphatic heterocycles. The summed E-state index contributed by atoms with van der Waals surface area (Å²) in [5.41, 5.74) is 5.14. The molecule has 16 heavy (non-hydrogen) atoms. The van der Waals surface area contributed by atoms with Crippen LogP contribution in [0.5, 0.6) is 0 Å². The van der Waals surface area contributed by atoms with Crippen molar-refractivity contribution in [3.8, 4) is 0 Å². The summed E-state index contributed by atoms with van der Waals surface area (Å²) in [7, 11) is -3.31. The summed E-state index contributed by atoms with van der Waals surface area (Å²) in [6.45, 7) is 5.28. The lowest BCUT2D eigenvalue weighted by Gasteiger charge is -2.18. The van der Waals surface area contributed by atoms with Gasteiger partial charge in [0.05, 0.1) is 5.75 Å². The molecule has 0 rings (SSSR count). The number of carbonyl (C=O) groups excluding carboxylic acids is 1. The Morgan fingerprint density at radius 1 is 1.31 bits per heavy atom. The Morgan fingerprint density at radius 2 is 1.88 bits per heavy atom. The average Bonchev–Trinajstić information content (AvgIpc) is 2.19. The van der Waals surface area contributed by atoms with Gasteiger partial charge >= 0.3 is 0 Å². The van der Waals surface area contributed by atoms with Crippen LogP contribution >= 0.6 is 0 Å². The lowest BCUT2D eigenvalue weighted by Crippen LogP contribution is -2.35. The number of hydrogen-bond acceptors (Lipinski definition) is 4. The van der Waals surface area contributed by atoms with Gasteiger partial charge in [0.25, 0.3) is 0 Å². The Bertz CT molecular complexity index is 299. The smallest absolute Gasteiger partial charge is 0.223 e. The van der Waals surface area contributed by atoms with Crippen molar-refractivity contribution in [1.29, 1.82) is 0 Å². The van der Waals surface area contributed by atoms with Gasteiger partial charge in [-0.1, -0.05) is 0 Å². The molecule has 0 aliphatic carbocycles. The number of nitrogens with zero attached hydrogens (tertiary/aromatic N) is 1. The zero-order chi connectivity index (χ0) is 12.6. The minimum absolute atomic E-state index is 0.0413. The van der Waals surface area contributed by atoms with Gasteiger partial charge in [-0.15, -0.1) is 0 Å². The number of nitrogens with two attached hydrogens (primary N) is 1. The minimum Gasteiger partial charge on any atom is -0.343 e. The molecule has 0 atom stereocenters. The van der Waals surface area contributed by atoms with E-state index in [2.05, 4.69) is 4.72 Å². The first-order chi connectivity index (χ1) is 7.46. The molecule has 0 saturated heterocycles. The first-order valence-electron chi connectivity index (χ1n) is 5.42. The van der Waals surface area contributed by atoms with E-state index >= 15 is 0 Å². The first kappa shape index (κ1) is 15.3. The standard InChI is InChI=1S/C9H21N3O3S/c1-3-12(4-2)9(13)5-7-11-16(14,15)8-6-10/h11H,3-8,10H2,1-2H3. The minimum atomic E-state index is -3.31. The second kappa shape index (κ2) is 7.59. The Balaban J connectivity index is 3.94. The maximum atomic E-state index is 11.5. The van der Waals surface area contributed by atoms with Crippen LogP contribution in [0.1, 0.15) is 20.3 Å². The van der Waals surface area contributed by atoms with Crippen molar-refractivity contribution in [2.24, 2.45) is 5.73 Å². The highest BCUT2D eigenvalue weighted by Gasteiger charge is 2.12. The second-order valence-electron chi connectivity index (χ2n) is 3.32. The van der Waals surface area contributed by atoms with Crippen molar-refractivity contribution in [2.45, 2.75) is 20.3 Å². The predicted molar refractivity (Wildman–Crippen MR) is 63.4 cm³/mol. The second-order valence-corrected chi connectivity index (χ2v) is 5.24. The van der Waals surface area contributed by atoms with Crippen molar-refractivity contribution in [1.82, 2.24) is 9.62 Å². The van der Waals surface area contributed by atoms with Gasteiger partial charge in [0.2, 0.25) is 15.9 Å². The summed E-state index contributed by atoms with van der Waals surface area (Å²) in [6, 6.07) is 0. The molecule has 0 spiro atoms. The van der Waals surface area contributed by atoms with Crippen LogP contribution in [-0.4, -0.2) is 51.2 Å². The summed E-state index contributed by atoms with van der Waals surface area (Å²) < 4.78 is 24.7. The van der Waals surface area contributed by atoms with Gasteiger partial charge in [-0.25, -0.2) is 13.1 Å². The highest BCUT2D eigenvalue weighted by atomic mass is 32.2. The molecule has 0 heterocycles. The zero-order valence-electron chi connectivity index (χ0n) is 9.90. The highest BCUT2D eigenvalue weighted by molar-refractivity contribution is 7.89. The van der Waals surface area contributed by atoms with Crippen molar-refractivity contribution < 1.29 is 13.2 Å². The van der Waals surface area contributed by atoms with E-state index in [1.165, 1.54) is 0 Å². The predicted octanol–water partition coefficient (Wildman–Crippen LogP) is -0.877. The third-order valence-electron chi connectivity index (χ3n) is 2.16. The third kappa shape index (κ3) is 6.04. The van der Waals surface area contributed by atoms with Gasteiger partial charge in [-0.05, 0) is 13.8 Å². The van der Waals surface area contributed by atoms with Gasteiger partial charge in [-0.3, -0.25) is 4.79 Å². The molecule has 1 amide bonds. The Kier molecular flexibility index (Phi) is 7.27. The normalized spacial score (nSPS) is 11.4. The van der Waals surface area contributed by atoms with Crippen molar-refractivity contribution in [2.75, 3.05) is 31.9 Å². The number of carbonyl (C=O) groups is 1. The van der Waals surface area contributed by atoms with E-state index in [-0.39, 0.29) is 31.2 Å². The van der Waals surface area contributed by atoms with Gasteiger partial charge in [-0.2, -0.15) is 0 Å². The van der Waals surface area contributed by atoms with E-state index in [1.807, 2.05) is 13.8 Å². The number of nitrogens with one attached hydrogen (secondary N) is 1. The quantitative estimate of drug-likeness (QED) is 0.586. The van der Waals surface area contributed by atoms with Crippen LogP contribution in [-0.2, 0) is 14.8 Å². The van der Waals surface area contributed by atoms with Gasteiger partial charge in [0.1, 0.15) is 0 Å². The largest absolute Gasteiger partial charge is 0.343 e. The number of amides is 1. The molecule has 3 N–H and O–H groups in total. The maximum absolute atomic E-state index is 11.5. The Labute approximate surface area is 97.2 Å². The van der Waals surface area contributed by atoms with Crippen LogP contribution in [0.15, 0.2) is 0 Å². The van der Waals surface area contributed by atoms with Crippen LogP contribution in [0.25, 0.3) is 0 Å². The molecule has 0 bridgehead atoms. The lowest BCUT2D eigenvalue weighted by atomic mass is 10.3. The van der Waals surface area contributed by atoms with Crippen molar-refractivity contribution in [3.05, 3.63) is 0 Å². The van der Waals surface area contributed by atoms with E-state index < -0.39 is 10.0 Å². The van der Waals surface area contributed by atoms with Gasteiger partial charge in [0, 0.05) is 32.6 Å². The molecule has 7 heteroatoms. The molecule has 0 aliphatic rings. The van der Waals surface area contributed by atoms with Crippen molar-refractivity contribution >= 4 is 15.9 Å². The Morgan fingerprint density at radius 3 is 2.31 bits per heavy atom. The zero-order valence-corrected chi connectivity index (χ0v) is 10.7. The number of hydrogen-bond donors (Lipinski definition) is 2. The summed E-state index contributed by atoms with van der Waals surface area (Å²) in [5, 5.41) is 0.